The summed E-state index contributed by atoms with van der Waals surface area (Å²) in [4.78, 5) is 24.1. The number of anilines is 1. The first-order valence-corrected chi connectivity index (χ1v) is 9.30. The van der Waals surface area contributed by atoms with Crippen LogP contribution in [0.5, 0.6) is 0 Å². The first-order valence-electron chi connectivity index (χ1n) is 9.30. The van der Waals surface area contributed by atoms with Crippen molar-refractivity contribution in [2.45, 2.75) is 13.8 Å². The van der Waals surface area contributed by atoms with Crippen LogP contribution in [0.25, 0.3) is 11.8 Å². The predicted molar refractivity (Wildman–Crippen MR) is 115 cm³/mol. The molecule has 150 valence electrons. The minimum absolute atomic E-state index is 0.0140. The Bertz CT molecular complexity index is 1150. The lowest BCUT2D eigenvalue weighted by Crippen LogP contribution is -2.13. The Kier molecular flexibility index (Phi) is 6.14. The van der Waals surface area contributed by atoms with Crippen LogP contribution in [0.2, 0.25) is 0 Å². The standard InChI is InChI=1S/C24H21N3O3/c1-16-13-19(14-20(15-25)23(28)26-21-7-5-4-6-8-21)17(2)27(16)22-11-9-18(10-12-22)24(29)30-3/h4-14H,1-3H3,(H,26,28)/b20-14-. The van der Waals surface area contributed by atoms with E-state index in [-0.39, 0.29) is 5.57 Å². The van der Waals surface area contributed by atoms with Crippen molar-refractivity contribution in [2.75, 3.05) is 12.4 Å². The number of hydrogen-bond donors (Lipinski definition) is 1. The van der Waals surface area contributed by atoms with E-state index in [9.17, 15) is 14.9 Å². The van der Waals surface area contributed by atoms with Crippen molar-refractivity contribution in [1.82, 2.24) is 4.57 Å². The van der Waals surface area contributed by atoms with Gasteiger partial charge in [0.2, 0.25) is 0 Å². The van der Waals surface area contributed by atoms with Crippen molar-refractivity contribution in [1.29, 1.82) is 5.26 Å². The zero-order chi connectivity index (χ0) is 21.7. The molecule has 1 heterocycles. The van der Waals surface area contributed by atoms with E-state index in [1.807, 2.05) is 60.9 Å². The summed E-state index contributed by atoms with van der Waals surface area (Å²) in [5.74, 6) is -0.856. The number of ether oxygens (including phenoxy) is 1. The van der Waals surface area contributed by atoms with Crippen LogP contribution in [0.1, 0.15) is 27.3 Å². The molecule has 0 saturated carbocycles. The summed E-state index contributed by atoms with van der Waals surface area (Å²) < 4.78 is 6.73. The monoisotopic (exact) mass is 399 g/mol. The van der Waals surface area contributed by atoms with Gasteiger partial charge >= 0.3 is 5.97 Å². The Labute approximate surface area is 175 Å². The lowest BCUT2D eigenvalue weighted by Gasteiger charge is -2.10. The van der Waals surface area contributed by atoms with Gasteiger partial charge in [-0.05, 0) is 68.0 Å². The summed E-state index contributed by atoms with van der Waals surface area (Å²) in [6, 6.07) is 19.9. The third-order valence-electron chi connectivity index (χ3n) is 4.71. The van der Waals surface area contributed by atoms with Gasteiger partial charge in [0.25, 0.3) is 5.91 Å². The normalized spacial score (nSPS) is 10.9. The molecule has 0 unspecified atom stereocenters. The first kappa shape index (κ1) is 20.6. The van der Waals surface area contributed by atoms with Crippen LogP contribution in [0, 0.1) is 25.2 Å². The van der Waals surface area contributed by atoms with Crippen LogP contribution in [0.15, 0.2) is 66.2 Å². The van der Waals surface area contributed by atoms with E-state index in [0.717, 1.165) is 22.6 Å². The number of nitrogens with zero attached hydrogens (tertiary/aromatic N) is 2. The van der Waals surface area contributed by atoms with Crippen molar-refractivity contribution in [2.24, 2.45) is 0 Å². The lowest BCUT2D eigenvalue weighted by molar-refractivity contribution is -0.112. The quantitative estimate of drug-likeness (QED) is 0.391. The molecule has 0 spiro atoms. The number of para-hydroxylation sites is 1. The van der Waals surface area contributed by atoms with Crippen molar-refractivity contribution >= 4 is 23.6 Å². The summed E-state index contributed by atoms with van der Waals surface area (Å²) in [7, 11) is 1.34. The molecule has 1 aromatic heterocycles. The van der Waals surface area contributed by atoms with Crippen molar-refractivity contribution in [3.05, 3.63) is 88.8 Å². The average Bonchev–Trinajstić information content (AvgIpc) is 3.04. The van der Waals surface area contributed by atoms with Crippen LogP contribution in [0.4, 0.5) is 5.69 Å². The fourth-order valence-electron chi connectivity index (χ4n) is 3.22. The van der Waals surface area contributed by atoms with Gasteiger partial charge in [-0.15, -0.1) is 0 Å². The van der Waals surface area contributed by atoms with E-state index in [1.165, 1.54) is 7.11 Å². The summed E-state index contributed by atoms with van der Waals surface area (Å²) in [5, 5.41) is 12.2. The van der Waals surface area contributed by atoms with Crippen molar-refractivity contribution in [3.63, 3.8) is 0 Å². The zero-order valence-electron chi connectivity index (χ0n) is 17.0. The van der Waals surface area contributed by atoms with Gasteiger partial charge in [0.1, 0.15) is 11.6 Å². The Balaban J connectivity index is 1.91. The molecular weight excluding hydrogens is 378 g/mol. The number of rotatable bonds is 5. The average molecular weight is 399 g/mol. The van der Waals surface area contributed by atoms with Crippen LogP contribution in [-0.4, -0.2) is 23.6 Å². The van der Waals surface area contributed by atoms with Gasteiger partial charge < -0.3 is 14.6 Å². The number of carbonyl (C=O) groups is 2. The fraction of sp³-hybridized carbons (Fsp3) is 0.125. The molecule has 3 rings (SSSR count). The second-order valence-electron chi connectivity index (χ2n) is 6.69. The second-order valence-corrected chi connectivity index (χ2v) is 6.69. The molecule has 3 aromatic rings. The van der Waals surface area contributed by atoms with E-state index >= 15 is 0 Å². The molecule has 0 atom stereocenters. The third kappa shape index (κ3) is 4.31. The molecule has 0 radical (unpaired) electrons. The van der Waals surface area contributed by atoms with Gasteiger partial charge in [-0.2, -0.15) is 5.26 Å². The van der Waals surface area contributed by atoms with Gasteiger partial charge in [0, 0.05) is 22.8 Å². The van der Waals surface area contributed by atoms with E-state index in [4.69, 9.17) is 4.74 Å². The Hall–Kier alpha value is -4.11. The lowest BCUT2D eigenvalue weighted by atomic mass is 10.1. The number of aromatic nitrogens is 1. The molecule has 30 heavy (non-hydrogen) atoms. The van der Waals surface area contributed by atoms with Gasteiger partial charge in [0.05, 0.1) is 12.7 Å². The van der Waals surface area contributed by atoms with Crippen LogP contribution < -0.4 is 5.32 Å². The molecule has 0 saturated heterocycles. The molecule has 6 heteroatoms. The van der Waals surface area contributed by atoms with Crippen molar-refractivity contribution in [3.8, 4) is 11.8 Å². The van der Waals surface area contributed by atoms with Gasteiger partial charge in [-0.25, -0.2) is 4.79 Å². The third-order valence-corrected chi connectivity index (χ3v) is 4.71. The topological polar surface area (TPSA) is 84.1 Å². The second kappa shape index (κ2) is 8.93. The largest absolute Gasteiger partial charge is 0.465 e. The number of esters is 1. The zero-order valence-corrected chi connectivity index (χ0v) is 17.0. The Morgan fingerprint density at radius 1 is 1.07 bits per heavy atom. The maximum Gasteiger partial charge on any atom is 0.337 e. The highest BCUT2D eigenvalue weighted by atomic mass is 16.5. The molecule has 0 aliphatic carbocycles. The molecule has 2 aromatic carbocycles. The highest BCUT2D eigenvalue weighted by Crippen LogP contribution is 2.23. The Morgan fingerprint density at radius 3 is 2.33 bits per heavy atom. The van der Waals surface area contributed by atoms with E-state index < -0.39 is 11.9 Å². The minimum Gasteiger partial charge on any atom is -0.465 e. The summed E-state index contributed by atoms with van der Waals surface area (Å²) in [6.07, 6.45) is 1.58. The summed E-state index contributed by atoms with van der Waals surface area (Å²) in [6.45, 7) is 3.85. The number of carbonyl (C=O) groups excluding carboxylic acids is 2. The highest BCUT2D eigenvalue weighted by molar-refractivity contribution is 6.09. The first-order chi connectivity index (χ1) is 14.4. The number of nitrogens with one attached hydrogen (secondary N) is 1. The maximum atomic E-state index is 12.5. The molecule has 1 amide bonds. The molecule has 6 nitrogen and oxygen atoms in total. The molecular formula is C24H21N3O3. The van der Waals surface area contributed by atoms with Crippen LogP contribution >= 0.6 is 0 Å². The maximum absolute atomic E-state index is 12.5. The van der Waals surface area contributed by atoms with Crippen molar-refractivity contribution < 1.29 is 14.3 Å². The predicted octanol–water partition coefficient (Wildman–Crippen LogP) is 4.43. The van der Waals surface area contributed by atoms with Gasteiger partial charge in [-0.3, -0.25) is 4.79 Å². The van der Waals surface area contributed by atoms with E-state index in [2.05, 4.69) is 5.32 Å². The van der Waals surface area contributed by atoms with Crippen LogP contribution in [-0.2, 0) is 9.53 Å². The van der Waals surface area contributed by atoms with Gasteiger partial charge in [0.15, 0.2) is 0 Å². The molecule has 0 fully saturated rings. The number of nitriles is 1. The molecule has 1 N–H and O–H groups in total. The number of amides is 1. The minimum atomic E-state index is -0.462. The fourth-order valence-corrected chi connectivity index (χ4v) is 3.22. The molecule has 0 bridgehead atoms. The number of aryl methyl sites for hydroxylation is 1. The van der Waals surface area contributed by atoms with Crippen LogP contribution in [0.3, 0.4) is 0 Å². The molecule has 0 aliphatic rings. The number of benzene rings is 2. The highest BCUT2D eigenvalue weighted by Gasteiger charge is 2.14. The van der Waals surface area contributed by atoms with E-state index in [0.29, 0.717) is 11.3 Å². The smallest absolute Gasteiger partial charge is 0.337 e. The van der Waals surface area contributed by atoms with Gasteiger partial charge in [-0.1, -0.05) is 18.2 Å². The number of hydrogen-bond acceptors (Lipinski definition) is 4. The molecule has 0 aliphatic heterocycles. The summed E-state index contributed by atoms with van der Waals surface area (Å²) in [5.41, 5.74) is 4.55. The number of methoxy groups -OCH3 is 1. The van der Waals surface area contributed by atoms with E-state index in [1.54, 1.807) is 30.3 Å². The SMILES string of the molecule is COC(=O)c1ccc(-n2c(C)cc(/C=C(/C#N)C(=O)Nc3ccccc3)c2C)cc1. The summed E-state index contributed by atoms with van der Waals surface area (Å²) >= 11 is 0. The Morgan fingerprint density at radius 2 is 1.73 bits per heavy atom.